The smallest absolute Gasteiger partial charge is 0.323 e. The Labute approximate surface area is 117 Å². The van der Waals surface area contributed by atoms with E-state index in [1.807, 2.05) is 6.07 Å². The van der Waals surface area contributed by atoms with E-state index >= 15 is 0 Å². The standard InChI is InChI=1S/C15H16N2O3/c1-20-14-9-5-4-8-13(14)17-15(19)16-12-7-3-2-6-11(12)10-18/h2-9,18H,10H2,1H3,(H2,16,17,19). The second kappa shape index (κ2) is 6.58. The van der Waals surface area contributed by atoms with Gasteiger partial charge in [-0.3, -0.25) is 0 Å². The van der Waals surface area contributed by atoms with E-state index in [-0.39, 0.29) is 6.61 Å². The number of anilines is 2. The number of methoxy groups -OCH3 is 1. The maximum Gasteiger partial charge on any atom is 0.323 e. The molecule has 0 unspecified atom stereocenters. The van der Waals surface area contributed by atoms with Gasteiger partial charge < -0.3 is 20.5 Å². The minimum Gasteiger partial charge on any atom is -0.495 e. The van der Waals surface area contributed by atoms with Crippen molar-refractivity contribution in [3.63, 3.8) is 0 Å². The quantitative estimate of drug-likeness (QED) is 0.801. The van der Waals surface area contributed by atoms with E-state index in [1.165, 1.54) is 0 Å². The lowest BCUT2D eigenvalue weighted by Gasteiger charge is -2.12. The molecule has 0 aromatic heterocycles. The summed E-state index contributed by atoms with van der Waals surface area (Å²) in [5.41, 5.74) is 1.80. The van der Waals surface area contributed by atoms with Gasteiger partial charge in [-0.2, -0.15) is 0 Å². The van der Waals surface area contributed by atoms with E-state index in [1.54, 1.807) is 49.6 Å². The summed E-state index contributed by atoms with van der Waals surface area (Å²) in [6, 6.07) is 13.8. The predicted molar refractivity (Wildman–Crippen MR) is 78.0 cm³/mol. The summed E-state index contributed by atoms with van der Waals surface area (Å²) < 4.78 is 5.16. The summed E-state index contributed by atoms with van der Waals surface area (Å²) in [6.07, 6.45) is 0. The molecule has 0 fully saturated rings. The molecule has 2 aromatic carbocycles. The Morgan fingerprint density at radius 3 is 2.35 bits per heavy atom. The molecule has 0 bridgehead atoms. The molecular weight excluding hydrogens is 256 g/mol. The molecule has 0 aliphatic rings. The zero-order valence-corrected chi connectivity index (χ0v) is 11.1. The number of hydrogen-bond donors (Lipinski definition) is 3. The van der Waals surface area contributed by atoms with Crippen LogP contribution in [-0.2, 0) is 6.61 Å². The third-order valence-electron chi connectivity index (χ3n) is 2.79. The normalized spacial score (nSPS) is 9.90. The summed E-state index contributed by atoms with van der Waals surface area (Å²) in [5, 5.41) is 14.6. The van der Waals surface area contributed by atoms with Crippen LogP contribution in [0.15, 0.2) is 48.5 Å². The van der Waals surface area contributed by atoms with Gasteiger partial charge in [-0.1, -0.05) is 30.3 Å². The molecule has 0 radical (unpaired) electrons. The fourth-order valence-corrected chi connectivity index (χ4v) is 1.80. The second-order valence-electron chi connectivity index (χ2n) is 4.09. The van der Waals surface area contributed by atoms with Crippen LogP contribution >= 0.6 is 0 Å². The van der Waals surface area contributed by atoms with Crippen LogP contribution in [0.3, 0.4) is 0 Å². The van der Waals surface area contributed by atoms with Crippen molar-refractivity contribution in [2.45, 2.75) is 6.61 Å². The number of nitrogens with one attached hydrogen (secondary N) is 2. The van der Waals surface area contributed by atoms with Crippen molar-refractivity contribution in [1.82, 2.24) is 0 Å². The fraction of sp³-hybridized carbons (Fsp3) is 0.133. The van der Waals surface area contributed by atoms with Gasteiger partial charge in [-0.05, 0) is 18.2 Å². The molecule has 0 aliphatic carbocycles. The monoisotopic (exact) mass is 272 g/mol. The van der Waals surface area contributed by atoms with Crippen LogP contribution in [-0.4, -0.2) is 18.2 Å². The molecule has 2 aromatic rings. The zero-order valence-electron chi connectivity index (χ0n) is 11.1. The molecular formula is C15H16N2O3. The third-order valence-corrected chi connectivity index (χ3v) is 2.79. The van der Waals surface area contributed by atoms with Crippen LogP contribution in [0.25, 0.3) is 0 Å². The molecule has 2 rings (SSSR count). The van der Waals surface area contributed by atoms with E-state index < -0.39 is 6.03 Å². The van der Waals surface area contributed by atoms with E-state index in [0.29, 0.717) is 22.7 Å². The number of carbonyl (C=O) groups excluding carboxylic acids is 1. The number of carbonyl (C=O) groups is 1. The topological polar surface area (TPSA) is 70.6 Å². The highest BCUT2D eigenvalue weighted by molar-refractivity contribution is 6.01. The molecule has 0 spiro atoms. The number of urea groups is 1. The van der Waals surface area contributed by atoms with Crippen LogP contribution < -0.4 is 15.4 Å². The first-order valence-electron chi connectivity index (χ1n) is 6.14. The van der Waals surface area contributed by atoms with Crippen LogP contribution in [0.2, 0.25) is 0 Å². The average molecular weight is 272 g/mol. The van der Waals surface area contributed by atoms with E-state index in [0.717, 1.165) is 0 Å². The largest absolute Gasteiger partial charge is 0.495 e. The maximum atomic E-state index is 12.0. The highest BCUT2D eigenvalue weighted by Gasteiger charge is 2.08. The maximum absolute atomic E-state index is 12.0. The van der Waals surface area contributed by atoms with E-state index in [2.05, 4.69) is 10.6 Å². The Hall–Kier alpha value is -2.53. The van der Waals surface area contributed by atoms with Gasteiger partial charge in [0.1, 0.15) is 5.75 Å². The van der Waals surface area contributed by atoms with Gasteiger partial charge >= 0.3 is 6.03 Å². The molecule has 5 nitrogen and oxygen atoms in total. The van der Waals surface area contributed by atoms with Gasteiger partial charge in [-0.15, -0.1) is 0 Å². The van der Waals surface area contributed by atoms with Crippen LogP contribution in [0.5, 0.6) is 5.75 Å². The lowest BCUT2D eigenvalue weighted by Crippen LogP contribution is -2.20. The lowest BCUT2D eigenvalue weighted by molar-refractivity contribution is 0.261. The summed E-state index contributed by atoms with van der Waals surface area (Å²) in [6.45, 7) is -0.134. The summed E-state index contributed by atoms with van der Waals surface area (Å²) in [4.78, 5) is 12.0. The average Bonchev–Trinajstić information content (AvgIpc) is 2.48. The molecule has 0 heterocycles. The van der Waals surface area contributed by atoms with Gasteiger partial charge in [0.25, 0.3) is 0 Å². The Kier molecular flexibility index (Phi) is 4.57. The molecule has 0 aliphatic heterocycles. The molecule has 104 valence electrons. The van der Waals surface area contributed by atoms with Crippen molar-refractivity contribution in [1.29, 1.82) is 0 Å². The van der Waals surface area contributed by atoms with Crippen molar-refractivity contribution in [3.8, 4) is 5.75 Å². The molecule has 3 N–H and O–H groups in total. The molecule has 0 atom stereocenters. The number of amides is 2. The van der Waals surface area contributed by atoms with E-state index in [9.17, 15) is 9.90 Å². The van der Waals surface area contributed by atoms with Gasteiger partial charge in [0.2, 0.25) is 0 Å². The van der Waals surface area contributed by atoms with Crippen LogP contribution in [0, 0.1) is 0 Å². The number of para-hydroxylation sites is 3. The van der Waals surface area contributed by atoms with Crippen molar-refractivity contribution in [2.75, 3.05) is 17.7 Å². The van der Waals surface area contributed by atoms with Gasteiger partial charge in [0.15, 0.2) is 0 Å². The molecule has 0 saturated carbocycles. The second-order valence-corrected chi connectivity index (χ2v) is 4.09. The van der Waals surface area contributed by atoms with Crippen molar-refractivity contribution in [3.05, 3.63) is 54.1 Å². The first kappa shape index (κ1) is 13.9. The summed E-state index contributed by atoms with van der Waals surface area (Å²) in [7, 11) is 1.54. The van der Waals surface area contributed by atoms with Gasteiger partial charge in [0.05, 0.1) is 19.4 Å². The highest BCUT2D eigenvalue weighted by Crippen LogP contribution is 2.23. The first-order chi connectivity index (χ1) is 9.74. The number of rotatable bonds is 4. The number of aliphatic hydroxyl groups excluding tert-OH is 1. The van der Waals surface area contributed by atoms with Crippen molar-refractivity contribution < 1.29 is 14.6 Å². The van der Waals surface area contributed by atoms with Crippen LogP contribution in [0.1, 0.15) is 5.56 Å². The number of ether oxygens (including phenoxy) is 1. The fourth-order valence-electron chi connectivity index (χ4n) is 1.80. The van der Waals surface area contributed by atoms with Crippen molar-refractivity contribution in [2.24, 2.45) is 0 Å². The van der Waals surface area contributed by atoms with Crippen LogP contribution in [0.4, 0.5) is 16.2 Å². The third kappa shape index (κ3) is 3.27. The zero-order chi connectivity index (χ0) is 14.4. The Morgan fingerprint density at radius 2 is 1.65 bits per heavy atom. The lowest BCUT2D eigenvalue weighted by atomic mass is 10.2. The van der Waals surface area contributed by atoms with E-state index in [4.69, 9.17) is 4.74 Å². The molecule has 5 heteroatoms. The van der Waals surface area contributed by atoms with Gasteiger partial charge in [-0.25, -0.2) is 4.79 Å². The van der Waals surface area contributed by atoms with Crippen molar-refractivity contribution >= 4 is 17.4 Å². The minimum absolute atomic E-state index is 0.134. The predicted octanol–water partition coefficient (Wildman–Crippen LogP) is 2.83. The Bertz CT molecular complexity index is 548. The molecule has 0 saturated heterocycles. The summed E-state index contributed by atoms with van der Waals surface area (Å²) >= 11 is 0. The Balaban J connectivity index is 2.09. The first-order valence-corrected chi connectivity index (χ1v) is 6.14. The number of hydrogen-bond acceptors (Lipinski definition) is 3. The number of benzene rings is 2. The molecule has 2 amide bonds. The summed E-state index contributed by atoms with van der Waals surface area (Å²) in [5.74, 6) is 0.582. The number of aliphatic hydroxyl groups is 1. The van der Waals surface area contributed by atoms with Gasteiger partial charge in [0, 0.05) is 11.3 Å². The molecule has 20 heavy (non-hydrogen) atoms. The Morgan fingerprint density at radius 1 is 1.05 bits per heavy atom. The highest BCUT2D eigenvalue weighted by atomic mass is 16.5. The SMILES string of the molecule is COc1ccccc1NC(=O)Nc1ccccc1CO. The minimum atomic E-state index is -0.393.